The minimum absolute atomic E-state index is 0.196. The molecule has 0 spiro atoms. The fourth-order valence-electron chi connectivity index (χ4n) is 1.43. The number of sulfonamides is 1. The third-order valence-corrected chi connectivity index (χ3v) is 4.38. The Morgan fingerprint density at radius 3 is 2.44 bits per heavy atom. The third-order valence-electron chi connectivity index (χ3n) is 2.51. The summed E-state index contributed by atoms with van der Waals surface area (Å²) in [5.41, 5.74) is 0.441. The first-order valence-corrected chi connectivity index (χ1v) is 6.92. The third kappa shape index (κ3) is 3.53. The summed E-state index contributed by atoms with van der Waals surface area (Å²) < 4.78 is 30.4. The number of ether oxygens (including phenoxy) is 1. The van der Waals surface area contributed by atoms with Crippen LogP contribution in [0.1, 0.15) is 12.0 Å². The van der Waals surface area contributed by atoms with Crippen LogP contribution in [0, 0.1) is 11.3 Å². The minimum Gasteiger partial charge on any atom is -0.385 e. The molecular weight excluding hydrogens is 252 g/mol. The van der Waals surface area contributed by atoms with Gasteiger partial charge in [-0.15, -0.1) is 0 Å². The summed E-state index contributed by atoms with van der Waals surface area (Å²) in [6.45, 7) is 0.920. The molecule has 1 aromatic rings. The van der Waals surface area contributed by atoms with E-state index in [1.54, 1.807) is 7.11 Å². The molecule has 5 nitrogen and oxygen atoms in total. The van der Waals surface area contributed by atoms with E-state index in [0.717, 1.165) is 0 Å². The van der Waals surface area contributed by atoms with E-state index in [9.17, 15) is 8.42 Å². The van der Waals surface area contributed by atoms with Gasteiger partial charge in [0.25, 0.3) is 0 Å². The largest absolute Gasteiger partial charge is 0.385 e. The molecule has 0 saturated heterocycles. The van der Waals surface area contributed by atoms with Crippen molar-refractivity contribution in [2.24, 2.45) is 0 Å². The van der Waals surface area contributed by atoms with Crippen molar-refractivity contribution in [1.29, 1.82) is 5.26 Å². The van der Waals surface area contributed by atoms with Gasteiger partial charge in [-0.25, -0.2) is 12.7 Å². The molecule has 0 aromatic heterocycles. The minimum atomic E-state index is -3.48. The molecule has 0 fully saturated rings. The predicted octanol–water partition coefficient (Wildman–Crippen LogP) is 1.22. The lowest BCUT2D eigenvalue weighted by molar-refractivity contribution is 0.189. The van der Waals surface area contributed by atoms with Crippen molar-refractivity contribution < 1.29 is 13.2 Å². The molecular formula is C12H16N2O3S. The van der Waals surface area contributed by atoms with E-state index in [1.165, 1.54) is 35.6 Å². The molecule has 0 aliphatic rings. The van der Waals surface area contributed by atoms with E-state index in [1.807, 2.05) is 6.07 Å². The molecule has 0 N–H and O–H groups in total. The van der Waals surface area contributed by atoms with Crippen molar-refractivity contribution in [3.8, 4) is 6.07 Å². The van der Waals surface area contributed by atoms with Gasteiger partial charge < -0.3 is 4.74 Å². The number of hydrogen-bond donors (Lipinski definition) is 0. The zero-order valence-electron chi connectivity index (χ0n) is 10.5. The summed E-state index contributed by atoms with van der Waals surface area (Å²) in [5.74, 6) is 0. The smallest absolute Gasteiger partial charge is 0.242 e. The van der Waals surface area contributed by atoms with Crippen molar-refractivity contribution in [2.75, 3.05) is 27.3 Å². The van der Waals surface area contributed by atoms with Crippen LogP contribution in [-0.4, -0.2) is 40.0 Å². The molecule has 0 radical (unpaired) electrons. The quantitative estimate of drug-likeness (QED) is 0.727. The van der Waals surface area contributed by atoms with Gasteiger partial charge in [0, 0.05) is 27.3 Å². The summed E-state index contributed by atoms with van der Waals surface area (Å²) >= 11 is 0. The number of hydrogen-bond acceptors (Lipinski definition) is 4. The Hall–Kier alpha value is -1.42. The monoisotopic (exact) mass is 268 g/mol. The fourth-order valence-corrected chi connectivity index (χ4v) is 2.64. The van der Waals surface area contributed by atoms with E-state index >= 15 is 0 Å². The van der Waals surface area contributed by atoms with Crippen LogP contribution in [0.25, 0.3) is 0 Å². The normalized spacial score (nSPS) is 11.4. The zero-order chi connectivity index (χ0) is 13.6. The maximum absolute atomic E-state index is 12.1. The van der Waals surface area contributed by atoms with Crippen LogP contribution in [0.2, 0.25) is 0 Å². The summed E-state index contributed by atoms with van der Waals surface area (Å²) in [6, 6.07) is 7.83. The second kappa shape index (κ2) is 6.50. The van der Waals surface area contributed by atoms with Gasteiger partial charge in [-0.2, -0.15) is 5.26 Å². The highest BCUT2D eigenvalue weighted by Gasteiger charge is 2.19. The Balaban J connectivity index is 2.81. The van der Waals surface area contributed by atoms with Crippen molar-refractivity contribution in [2.45, 2.75) is 11.3 Å². The molecule has 0 aliphatic heterocycles. The molecule has 6 heteroatoms. The topological polar surface area (TPSA) is 70.4 Å². The molecule has 1 aromatic carbocycles. The summed E-state index contributed by atoms with van der Waals surface area (Å²) in [4.78, 5) is 0.196. The van der Waals surface area contributed by atoms with Gasteiger partial charge in [-0.3, -0.25) is 0 Å². The van der Waals surface area contributed by atoms with Gasteiger partial charge in [-0.1, -0.05) is 0 Å². The second-order valence-corrected chi connectivity index (χ2v) is 5.85. The lowest BCUT2D eigenvalue weighted by Crippen LogP contribution is -2.28. The van der Waals surface area contributed by atoms with E-state index in [4.69, 9.17) is 10.00 Å². The molecule has 0 amide bonds. The highest BCUT2D eigenvalue weighted by atomic mass is 32.2. The first kappa shape index (κ1) is 14.6. The Morgan fingerprint density at radius 2 is 1.94 bits per heavy atom. The maximum Gasteiger partial charge on any atom is 0.242 e. The molecule has 0 bridgehead atoms. The van der Waals surface area contributed by atoms with E-state index in [-0.39, 0.29) is 4.90 Å². The van der Waals surface area contributed by atoms with E-state index in [0.29, 0.717) is 25.1 Å². The van der Waals surface area contributed by atoms with E-state index in [2.05, 4.69) is 0 Å². The maximum atomic E-state index is 12.1. The molecule has 0 atom stereocenters. The van der Waals surface area contributed by atoms with Crippen LogP contribution < -0.4 is 0 Å². The molecule has 0 unspecified atom stereocenters. The van der Waals surface area contributed by atoms with Gasteiger partial charge in [0.05, 0.1) is 16.5 Å². The summed E-state index contributed by atoms with van der Waals surface area (Å²) in [5, 5.41) is 8.66. The number of methoxy groups -OCH3 is 1. The van der Waals surface area contributed by atoms with Crippen molar-refractivity contribution >= 4 is 10.0 Å². The Morgan fingerprint density at radius 1 is 1.33 bits per heavy atom. The molecule has 0 aliphatic carbocycles. The SMILES string of the molecule is COCCCN(C)S(=O)(=O)c1ccc(C#N)cc1. The molecule has 18 heavy (non-hydrogen) atoms. The predicted molar refractivity (Wildman–Crippen MR) is 67.5 cm³/mol. The van der Waals surface area contributed by atoms with Crippen LogP contribution >= 0.6 is 0 Å². The van der Waals surface area contributed by atoms with Crippen molar-refractivity contribution in [3.63, 3.8) is 0 Å². The Labute approximate surface area is 108 Å². The van der Waals surface area contributed by atoms with Crippen molar-refractivity contribution in [3.05, 3.63) is 29.8 Å². The van der Waals surface area contributed by atoms with Crippen LogP contribution in [0.15, 0.2) is 29.2 Å². The van der Waals surface area contributed by atoms with Crippen LogP contribution in [0.3, 0.4) is 0 Å². The highest BCUT2D eigenvalue weighted by Crippen LogP contribution is 2.15. The van der Waals surface area contributed by atoms with Crippen LogP contribution in [-0.2, 0) is 14.8 Å². The van der Waals surface area contributed by atoms with Gasteiger partial charge >= 0.3 is 0 Å². The number of nitriles is 1. The number of benzene rings is 1. The Kier molecular flexibility index (Phi) is 5.28. The van der Waals surface area contributed by atoms with Crippen molar-refractivity contribution in [1.82, 2.24) is 4.31 Å². The van der Waals surface area contributed by atoms with Gasteiger partial charge in [0.1, 0.15) is 0 Å². The first-order valence-electron chi connectivity index (χ1n) is 5.48. The molecule has 98 valence electrons. The fraction of sp³-hybridized carbons (Fsp3) is 0.417. The highest BCUT2D eigenvalue weighted by molar-refractivity contribution is 7.89. The van der Waals surface area contributed by atoms with E-state index < -0.39 is 10.0 Å². The summed E-state index contributed by atoms with van der Waals surface area (Å²) in [7, 11) is -0.367. The zero-order valence-corrected chi connectivity index (χ0v) is 11.3. The molecule has 0 heterocycles. The standard InChI is InChI=1S/C12H16N2O3S/c1-14(8-3-9-17-2)18(15,16)12-6-4-11(10-13)5-7-12/h4-7H,3,8-9H2,1-2H3. The van der Waals surface area contributed by atoms with Crippen LogP contribution in [0.5, 0.6) is 0 Å². The van der Waals surface area contributed by atoms with Gasteiger partial charge in [-0.05, 0) is 30.7 Å². The molecule has 1 rings (SSSR count). The molecule has 0 saturated carbocycles. The summed E-state index contributed by atoms with van der Waals surface area (Å²) in [6.07, 6.45) is 0.641. The second-order valence-electron chi connectivity index (χ2n) is 3.81. The number of nitrogens with zero attached hydrogens (tertiary/aromatic N) is 2. The Bertz CT molecular complexity index is 517. The number of rotatable bonds is 6. The lowest BCUT2D eigenvalue weighted by atomic mass is 10.2. The van der Waals surface area contributed by atoms with Gasteiger partial charge in [0.2, 0.25) is 10.0 Å². The average molecular weight is 268 g/mol. The first-order chi connectivity index (χ1) is 8.52. The average Bonchev–Trinajstić information content (AvgIpc) is 2.39. The lowest BCUT2D eigenvalue weighted by Gasteiger charge is -2.16. The van der Waals surface area contributed by atoms with Crippen LogP contribution in [0.4, 0.5) is 0 Å². The van der Waals surface area contributed by atoms with Gasteiger partial charge in [0.15, 0.2) is 0 Å².